The summed E-state index contributed by atoms with van der Waals surface area (Å²) in [6.07, 6.45) is 0. The topological polar surface area (TPSA) is 38.3 Å². The Morgan fingerprint density at radius 1 is 1.50 bits per heavy atom. The van der Waals surface area contributed by atoms with Crippen LogP contribution in [-0.2, 0) is 15.5 Å². The molecule has 0 spiro atoms. The molecule has 1 N–H and O–H groups in total. The molecule has 0 aliphatic carbocycles. The van der Waals surface area contributed by atoms with Gasteiger partial charge in [-0.15, -0.1) is 0 Å². The smallest absolute Gasteiger partial charge is 0.0624 e. The Morgan fingerprint density at radius 2 is 2.19 bits per heavy atom. The van der Waals surface area contributed by atoms with Gasteiger partial charge in [0, 0.05) is 18.9 Å². The van der Waals surface area contributed by atoms with E-state index in [1.165, 1.54) is 0 Å². The maximum absolute atomic E-state index is 12.0. The van der Waals surface area contributed by atoms with E-state index in [1.807, 2.05) is 19.2 Å². The lowest BCUT2D eigenvalue weighted by atomic mass is 10.4. The van der Waals surface area contributed by atoms with Crippen molar-refractivity contribution < 1.29 is 8.95 Å². The second-order valence-electron chi connectivity index (χ2n) is 3.38. The first-order valence-corrected chi connectivity index (χ1v) is 6.67. The summed E-state index contributed by atoms with van der Waals surface area (Å²) < 4.78 is 17.1. The first kappa shape index (κ1) is 13.6. The van der Waals surface area contributed by atoms with Gasteiger partial charge in [0.05, 0.1) is 27.3 Å². The fourth-order valence-electron chi connectivity index (χ4n) is 1.32. The van der Waals surface area contributed by atoms with E-state index in [4.69, 9.17) is 16.3 Å². The molecule has 1 aromatic rings. The Hall–Kier alpha value is -0.420. The quantitative estimate of drug-likeness (QED) is 0.847. The number of likely N-dealkylation sites (N-methyl/N-ethyl adjacent to an activating group) is 1. The van der Waals surface area contributed by atoms with Gasteiger partial charge in [-0.1, -0.05) is 23.7 Å². The number of hydrogen-bond acceptors (Lipinski definition) is 3. The molecule has 0 aliphatic rings. The summed E-state index contributed by atoms with van der Waals surface area (Å²) in [5.41, 5.74) is 0. The lowest BCUT2D eigenvalue weighted by molar-refractivity contribution is 0.176. The average Bonchev–Trinajstić information content (AvgIpc) is 2.28. The largest absolute Gasteiger partial charge is 0.383 e. The van der Waals surface area contributed by atoms with Crippen LogP contribution >= 0.6 is 11.6 Å². The van der Waals surface area contributed by atoms with E-state index in [-0.39, 0.29) is 6.04 Å². The Kier molecular flexibility index (Phi) is 5.98. The molecule has 0 radical (unpaired) electrons. The summed E-state index contributed by atoms with van der Waals surface area (Å²) in [6.45, 7) is 0.534. The van der Waals surface area contributed by atoms with Crippen LogP contribution in [0.25, 0.3) is 0 Å². The minimum atomic E-state index is -1.10. The van der Waals surface area contributed by atoms with Crippen molar-refractivity contribution in [2.75, 3.05) is 26.5 Å². The number of halogens is 1. The van der Waals surface area contributed by atoms with Gasteiger partial charge in [0.25, 0.3) is 0 Å². The van der Waals surface area contributed by atoms with E-state index in [1.54, 1.807) is 19.2 Å². The van der Waals surface area contributed by atoms with E-state index >= 15 is 0 Å². The third-order valence-corrected chi connectivity index (χ3v) is 4.20. The highest BCUT2D eigenvalue weighted by Gasteiger charge is 2.14. The molecule has 0 amide bonds. The normalized spacial score (nSPS) is 14.7. The van der Waals surface area contributed by atoms with Crippen molar-refractivity contribution in [1.29, 1.82) is 0 Å². The molecule has 90 valence electrons. The Morgan fingerprint density at radius 3 is 2.75 bits per heavy atom. The first-order valence-electron chi connectivity index (χ1n) is 4.98. The molecule has 0 fully saturated rings. The van der Waals surface area contributed by atoms with Crippen LogP contribution in [-0.4, -0.2) is 36.8 Å². The molecule has 2 atom stereocenters. The monoisotopic (exact) mass is 261 g/mol. The zero-order valence-electron chi connectivity index (χ0n) is 9.40. The number of benzene rings is 1. The Labute approximate surface area is 104 Å². The maximum Gasteiger partial charge on any atom is 0.0624 e. The van der Waals surface area contributed by atoms with Crippen LogP contribution in [0.5, 0.6) is 0 Å². The molecule has 3 nitrogen and oxygen atoms in total. The molecule has 0 bridgehead atoms. The van der Waals surface area contributed by atoms with Crippen LogP contribution < -0.4 is 5.32 Å². The number of hydrogen-bond donors (Lipinski definition) is 1. The standard InChI is InChI=1S/C11H16ClNO2S/c1-13-9(7-15-2)8-16(14)11-6-4-3-5-10(11)12/h3-6,9,13H,7-8H2,1-2H3. The minimum absolute atomic E-state index is 0.0714. The number of rotatable bonds is 6. The zero-order chi connectivity index (χ0) is 12.0. The molecule has 0 heterocycles. The molecule has 2 unspecified atom stereocenters. The molecule has 1 rings (SSSR count). The highest BCUT2D eigenvalue weighted by atomic mass is 35.5. The zero-order valence-corrected chi connectivity index (χ0v) is 11.0. The highest BCUT2D eigenvalue weighted by molar-refractivity contribution is 7.85. The lowest BCUT2D eigenvalue weighted by Crippen LogP contribution is -2.35. The SMILES string of the molecule is CNC(COC)CS(=O)c1ccccc1Cl. The van der Waals surface area contributed by atoms with Gasteiger partial charge in [-0.05, 0) is 19.2 Å². The van der Waals surface area contributed by atoms with Gasteiger partial charge >= 0.3 is 0 Å². The maximum atomic E-state index is 12.0. The first-order chi connectivity index (χ1) is 7.69. The average molecular weight is 262 g/mol. The van der Waals surface area contributed by atoms with Crippen molar-refractivity contribution >= 4 is 22.4 Å². The van der Waals surface area contributed by atoms with Crippen LogP contribution in [0.15, 0.2) is 29.2 Å². The molecule has 5 heteroatoms. The van der Waals surface area contributed by atoms with Gasteiger partial charge < -0.3 is 10.1 Å². The van der Waals surface area contributed by atoms with Gasteiger partial charge in [-0.3, -0.25) is 4.21 Å². The van der Waals surface area contributed by atoms with E-state index in [2.05, 4.69) is 5.32 Å². The predicted octanol–water partition coefficient (Wildman–Crippen LogP) is 1.68. The Balaban J connectivity index is 2.68. The van der Waals surface area contributed by atoms with Crippen LogP contribution in [0.3, 0.4) is 0 Å². The minimum Gasteiger partial charge on any atom is -0.383 e. The summed E-state index contributed by atoms with van der Waals surface area (Å²) >= 11 is 5.98. The van der Waals surface area contributed by atoms with Crippen molar-refractivity contribution in [3.8, 4) is 0 Å². The van der Waals surface area contributed by atoms with Crippen molar-refractivity contribution in [1.82, 2.24) is 5.32 Å². The summed E-state index contributed by atoms with van der Waals surface area (Å²) in [5.74, 6) is 0.494. The molecule has 0 saturated carbocycles. The molecule has 0 aromatic heterocycles. The summed E-state index contributed by atoms with van der Waals surface area (Å²) in [6, 6.07) is 7.27. The van der Waals surface area contributed by atoms with E-state index in [9.17, 15) is 4.21 Å². The van der Waals surface area contributed by atoms with Crippen molar-refractivity contribution in [2.45, 2.75) is 10.9 Å². The van der Waals surface area contributed by atoms with Crippen molar-refractivity contribution in [3.05, 3.63) is 29.3 Å². The van der Waals surface area contributed by atoms with Gasteiger partial charge in [-0.25, -0.2) is 0 Å². The fourth-order valence-corrected chi connectivity index (χ4v) is 3.04. The molecule has 0 saturated heterocycles. The van der Waals surface area contributed by atoms with Gasteiger partial charge in [0.2, 0.25) is 0 Å². The van der Waals surface area contributed by atoms with Gasteiger partial charge in [0.15, 0.2) is 0 Å². The third kappa shape index (κ3) is 3.87. The molecular weight excluding hydrogens is 246 g/mol. The molecule has 1 aromatic carbocycles. The van der Waals surface area contributed by atoms with E-state index in [0.29, 0.717) is 22.3 Å². The van der Waals surface area contributed by atoms with Crippen molar-refractivity contribution in [2.24, 2.45) is 0 Å². The van der Waals surface area contributed by atoms with Crippen molar-refractivity contribution in [3.63, 3.8) is 0 Å². The van der Waals surface area contributed by atoms with E-state index in [0.717, 1.165) is 0 Å². The lowest BCUT2D eigenvalue weighted by Gasteiger charge is -2.14. The summed E-state index contributed by atoms with van der Waals surface area (Å²) in [5, 5.41) is 3.61. The molecule has 16 heavy (non-hydrogen) atoms. The van der Waals surface area contributed by atoms with Crippen LogP contribution in [0.4, 0.5) is 0 Å². The van der Waals surface area contributed by atoms with Crippen LogP contribution in [0.2, 0.25) is 5.02 Å². The fraction of sp³-hybridized carbons (Fsp3) is 0.455. The van der Waals surface area contributed by atoms with Gasteiger partial charge in [-0.2, -0.15) is 0 Å². The second-order valence-corrected chi connectivity index (χ2v) is 5.25. The van der Waals surface area contributed by atoms with Crippen LogP contribution in [0, 0.1) is 0 Å². The molecule has 0 aliphatic heterocycles. The Bertz CT molecular complexity index is 360. The van der Waals surface area contributed by atoms with Gasteiger partial charge in [0.1, 0.15) is 0 Å². The predicted molar refractivity (Wildman–Crippen MR) is 67.5 cm³/mol. The third-order valence-electron chi connectivity index (χ3n) is 2.21. The number of ether oxygens (including phenoxy) is 1. The highest BCUT2D eigenvalue weighted by Crippen LogP contribution is 2.19. The van der Waals surface area contributed by atoms with Crippen LogP contribution in [0.1, 0.15) is 0 Å². The number of methoxy groups -OCH3 is 1. The number of nitrogens with one attached hydrogen (secondary N) is 1. The molecular formula is C11H16ClNO2S. The second kappa shape index (κ2) is 7.01. The summed E-state index contributed by atoms with van der Waals surface area (Å²) in [4.78, 5) is 0.681. The summed E-state index contributed by atoms with van der Waals surface area (Å²) in [7, 11) is 2.35. The van der Waals surface area contributed by atoms with E-state index < -0.39 is 10.8 Å².